The highest BCUT2D eigenvalue weighted by molar-refractivity contribution is 5.84. The Balaban J connectivity index is 1.24. The summed E-state index contributed by atoms with van der Waals surface area (Å²) >= 11 is 0. The molecule has 2 aromatic carbocycles. The molecule has 4 rings (SSSR count). The van der Waals surface area contributed by atoms with Crippen LogP contribution in [0.4, 0.5) is 0 Å². The van der Waals surface area contributed by atoms with Crippen molar-refractivity contribution in [1.82, 2.24) is 10.2 Å². The normalized spacial score (nSPS) is 19.8. The predicted octanol–water partition coefficient (Wildman–Crippen LogP) is 5.02. The summed E-state index contributed by atoms with van der Waals surface area (Å²) < 4.78 is 0. The molecule has 168 valence electrons. The first-order valence-corrected chi connectivity index (χ1v) is 12.2. The molecule has 1 saturated carbocycles. The van der Waals surface area contributed by atoms with Crippen molar-refractivity contribution in [3.8, 4) is 6.07 Å². The number of carbonyl (C=O) groups excluding carboxylic acids is 1. The summed E-state index contributed by atoms with van der Waals surface area (Å²) in [7, 11) is 0. The van der Waals surface area contributed by atoms with Crippen molar-refractivity contribution in [2.45, 2.75) is 56.3 Å². The molecule has 1 N–H and O–H groups in total. The number of nitrogens with one attached hydrogen (secondary N) is 1. The van der Waals surface area contributed by atoms with Crippen molar-refractivity contribution < 1.29 is 4.79 Å². The van der Waals surface area contributed by atoms with Gasteiger partial charge in [0.1, 0.15) is 0 Å². The van der Waals surface area contributed by atoms with Crippen molar-refractivity contribution in [2.75, 3.05) is 26.2 Å². The molecule has 32 heavy (non-hydrogen) atoms. The van der Waals surface area contributed by atoms with Gasteiger partial charge in [-0.3, -0.25) is 4.79 Å². The quantitative estimate of drug-likeness (QED) is 0.599. The van der Waals surface area contributed by atoms with Crippen LogP contribution in [0.2, 0.25) is 0 Å². The van der Waals surface area contributed by atoms with Crippen LogP contribution in [-0.2, 0) is 10.2 Å². The monoisotopic (exact) mass is 429 g/mol. The van der Waals surface area contributed by atoms with Gasteiger partial charge < -0.3 is 10.2 Å². The number of nitriles is 1. The second-order valence-corrected chi connectivity index (χ2v) is 9.48. The van der Waals surface area contributed by atoms with E-state index in [1.165, 1.54) is 12.8 Å². The van der Waals surface area contributed by atoms with Gasteiger partial charge in [-0.15, -0.1) is 0 Å². The Morgan fingerprint density at radius 3 is 2.28 bits per heavy atom. The lowest BCUT2D eigenvalue weighted by Crippen LogP contribution is -2.43. The molecule has 2 fully saturated rings. The Hall–Kier alpha value is -2.64. The highest BCUT2D eigenvalue weighted by atomic mass is 16.1. The first-order valence-electron chi connectivity index (χ1n) is 12.2. The van der Waals surface area contributed by atoms with Gasteiger partial charge in [0, 0.05) is 6.54 Å². The molecule has 0 spiro atoms. The van der Waals surface area contributed by atoms with Crippen molar-refractivity contribution in [3.63, 3.8) is 0 Å². The van der Waals surface area contributed by atoms with E-state index in [1.807, 2.05) is 36.4 Å². The maximum absolute atomic E-state index is 13.1. The maximum atomic E-state index is 13.1. The fourth-order valence-corrected chi connectivity index (χ4v) is 5.59. The summed E-state index contributed by atoms with van der Waals surface area (Å²) in [6.07, 6.45) is 7.48. The van der Waals surface area contributed by atoms with Crippen LogP contribution >= 0.6 is 0 Å². The molecular formula is C28H35N3O. The zero-order valence-electron chi connectivity index (χ0n) is 19.0. The number of piperidine rings is 1. The lowest BCUT2D eigenvalue weighted by Gasteiger charge is -2.37. The van der Waals surface area contributed by atoms with Gasteiger partial charge in [0.2, 0.25) is 5.91 Å². The van der Waals surface area contributed by atoms with Crippen molar-refractivity contribution in [1.29, 1.82) is 5.26 Å². The topological polar surface area (TPSA) is 56.1 Å². The van der Waals surface area contributed by atoms with E-state index < -0.39 is 0 Å². The van der Waals surface area contributed by atoms with E-state index in [9.17, 15) is 10.1 Å². The minimum atomic E-state index is -0.351. The Labute approximate surface area is 192 Å². The molecule has 0 unspecified atom stereocenters. The number of hydrogen-bond donors (Lipinski definition) is 1. The first-order chi connectivity index (χ1) is 15.7. The van der Waals surface area contributed by atoms with Gasteiger partial charge in [-0.2, -0.15) is 5.26 Å². The number of hydrogen-bond acceptors (Lipinski definition) is 3. The first kappa shape index (κ1) is 22.6. The minimum Gasteiger partial charge on any atom is -0.356 e. The number of rotatable bonds is 8. The van der Waals surface area contributed by atoms with Crippen molar-refractivity contribution in [2.24, 2.45) is 5.92 Å². The summed E-state index contributed by atoms with van der Waals surface area (Å²) in [6.45, 7) is 3.56. The van der Waals surface area contributed by atoms with E-state index in [4.69, 9.17) is 0 Å². The SMILES string of the molecule is N#CC1(c2ccccc2)CCN(CCCNC(=O)[C@@H](c2ccccc2)C2CCCC2)CC1. The molecule has 1 amide bonds. The third-order valence-electron chi connectivity index (χ3n) is 7.51. The van der Waals surface area contributed by atoms with Gasteiger partial charge >= 0.3 is 0 Å². The Bertz CT molecular complexity index is 891. The van der Waals surface area contributed by atoms with Crippen LogP contribution in [0.25, 0.3) is 0 Å². The van der Waals surface area contributed by atoms with Gasteiger partial charge in [0.05, 0.1) is 17.4 Å². The summed E-state index contributed by atoms with van der Waals surface area (Å²) in [5.74, 6) is 0.640. The highest BCUT2D eigenvalue weighted by Gasteiger charge is 2.36. The molecule has 0 aromatic heterocycles. The molecule has 1 aliphatic heterocycles. The second kappa shape index (κ2) is 10.8. The Morgan fingerprint density at radius 1 is 1.03 bits per heavy atom. The van der Waals surface area contributed by atoms with E-state index in [2.05, 4.69) is 40.6 Å². The van der Waals surface area contributed by atoms with Crippen molar-refractivity contribution in [3.05, 3.63) is 71.8 Å². The van der Waals surface area contributed by atoms with Crippen LogP contribution in [0.5, 0.6) is 0 Å². The van der Waals surface area contributed by atoms with E-state index in [-0.39, 0.29) is 17.2 Å². The third-order valence-corrected chi connectivity index (χ3v) is 7.51. The molecule has 1 atom stereocenters. The zero-order chi connectivity index (χ0) is 22.2. The van der Waals surface area contributed by atoms with Crippen LogP contribution in [0.15, 0.2) is 60.7 Å². The van der Waals surface area contributed by atoms with E-state index >= 15 is 0 Å². The van der Waals surface area contributed by atoms with E-state index in [0.29, 0.717) is 12.5 Å². The van der Waals surface area contributed by atoms with Crippen LogP contribution < -0.4 is 5.32 Å². The Kier molecular flexibility index (Phi) is 7.60. The molecule has 0 radical (unpaired) electrons. The van der Waals surface area contributed by atoms with Crippen LogP contribution in [0.1, 0.15) is 62.0 Å². The highest BCUT2D eigenvalue weighted by Crippen LogP contribution is 2.37. The summed E-state index contributed by atoms with van der Waals surface area (Å²) in [5, 5.41) is 13.1. The van der Waals surface area contributed by atoms with Crippen LogP contribution in [0, 0.1) is 17.2 Å². The largest absolute Gasteiger partial charge is 0.356 e. The van der Waals surface area contributed by atoms with Gasteiger partial charge in [0.15, 0.2) is 0 Å². The van der Waals surface area contributed by atoms with E-state index in [0.717, 1.165) is 62.9 Å². The average Bonchev–Trinajstić information content (AvgIpc) is 3.38. The molecule has 1 saturated heterocycles. The summed E-state index contributed by atoms with van der Waals surface area (Å²) in [6, 6.07) is 23.1. The Morgan fingerprint density at radius 2 is 1.66 bits per heavy atom. The average molecular weight is 430 g/mol. The molecule has 4 nitrogen and oxygen atoms in total. The second-order valence-electron chi connectivity index (χ2n) is 9.48. The van der Waals surface area contributed by atoms with Crippen LogP contribution in [0.3, 0.4) is 0 Å². The lowest BCUT2D eigenvalue weighted by atomic mass is 9.74. The molecular weight excluding hydrogens is 394 g/mol. The molecule has 0 bridgehead atoms. The van der Waals surface area contributed by atoms with Crippen LogP contribution in [-0.4, -0.2) is 37.0 Å². The smallest absolute Gasteiger partial charge is 0.227 e. The number of amides is 1. The number of carbonyl (C=O) groups is 1. The number of benzene rings is 2. The fraction of sp³-hybridized carbons (Fsp3) is 0.500. The predicted molar refractivity (Wildman–Crippen MR) is 128 cm³/mol. The van der Waals surface area contributed by atoms with E-state index in [1.54, 1.807) is 0 Å². The fourth-order valence-electron chi connectivity index (χ4n) is 5.59. The number of likely N-dealkylation sites (tertiary alicyclic amines) is 1. The number of nitrogens with zero attached hydrogens (tertiary/aromatic N) is 2. The minimum absolute atomic E-state index is 0.0178. The summed E-state index contributed by atoms with van der Waals surface area (Å²) in [5.41, 5.74) is 1.95. The summed E-state index contributed by atoms with van der Waals surface area (Å²) in [4.78, 5) is 15.5. The van der Waals surface area contributed by atoms with Gasteiger partial charge in [0.25, 0.3) is 0 Å². The van der Waals surface area contributed by atoms with Gasteiger partial charge in [-0.05, 0) is 68.8 Å². The third kappa shape index (κ3) is 5.22. The molecule has 2 aromatic rings. The molecule has 4 heteroatoms. The van der Waals surface area contributed by atoms with Gasteiger partial charge in [-0.1, -0.05) is 73.5 Å². The lowest BCUT2D eigenvalue weighted by molar-refractivity contribution is -0.123. The van der Waals surface area contributed by atoms with Gasteiger partial charge in [-0.25, -0.2) is 0 Å². The standard InChI is InChI=1S/C28H35N3O/c29-22-28(25-14-5-2-6-15-25)16-20-31(21-17-28)19-9-18-30-27(32)26(24-12-7-8-13-24)23-10-3-1-4-11-23/h1-6,10-11,14-15,24,26H,7-9,12-13,16-21H2,(H,30,32)/t26-/m0/s1. The maximum Gasteiger partial charge on any atom is 0.227 e. The zero-order valence-corrected chi connectivity index (χ0v) is 19.0. The van der Waals surface area contributed by atoms with Crippen molar-refractivity contribution >= 4 is 5.91 Å². The molecule has 1 heterocycles. The molecule has 2 aliphatic rings. The molecule has 1 aliphatic carbocycles.